The van der Waals surface area contributed by atoms with Crippen LogP contribution < -0.4 is 10.2 Å². The molecule has 0 saturated carbocycles. The number of aromatic nitrogens is 3. The van der Waals surface area contributed by atoms with Crippen LogP contribution >= 0.6 is 0 Å². The second-order valence-corrected chi connectivity index (χ2v) is 10.1. The Morgan fingerprint density at radius 1 is 0.946 bits per heavy atom. The van der Waals surface area contributed by atoms with Gasteiger partial charge in [0.05, 0.1) is 5.52 Å². The topological polar surface area (TPSA) is 80.1 Å². The number of hydrogen-bond acceptors (Lipinski definition) is 4. The number of fused-ring (bicyclic) bond motifs is 1. The Morgan fingerprint density at radius 3 is 2.35 bits per heavy atom. The van der Waals surface area contributed by atoms with Gasteiger partial charge in [0.25, 0.3) is 0 Å². The van der Waals surface area contributed by atoms with Crippen molar-refractivity contribution in [1.82, 2.24) is 20.3 Å². The molecule has 3 aromatic carbocycles. The molecule has 0 saturated heterocycles. The molecule has 0 aliphatic carbocycles. The van der Waals surface area contributed by atoms with E-state index in [1.165, 1.54) is 0 Å². The quantitative estimate of drug-likeness (QED) is 0.341. The number of nitrogens with zero attached hydrogens (tertiary/aromatic N) is 4. The molecule has 0 fully saturated rings. The van der Waals surface area contributed by atoms with Crippen molar-refractivity contribution in [2.24, 2.45) is 5.92 Å². The first kappa shape index (κ1) is 26.1. The molecule has 0 aliphatic heterocycles. The molecule has 0 aliphatic rings. The van der Waals surface area contributed by atoms with Gasteiger partial charge >= 0.3 is 0 Å². The Labute approximate surface area is 218 Å². The third-order valence-corrected chi connectivity index (χ3v) is 6.51. The maximum absolute atomic E-state index is 14.1. The zero-order valence-electron chi connectivity index (χ0n) is 22.2. The van der Waals surface area contributed by atoms with Crippen LogP contribution in [-0.4, -0.2) is 33.4 Å². The number of aryl methyl sites for hydroxylation is 3. The summed E-state index contributed by atoms with van der Waals surface area (Å²) in [6, 6.07) is 20.4. The van der Waals surface area contributed by atoms with Gasteiger partial charge in [0.15, 0.2) is 0 Å². The molecule has 1 aromatic heterocycles. The fourth-order valence-corrected chi connectivity index (χ4v) is 4.48. The summed E-state index contributed by atoms with van der Waals surface area (Å²) in [6.45, 7) is 10.7. The van der Waals surface area contributed by atoms with Crippen LogP contribution in [0.4, 0.5) is 5.69 Å². The van der Waals surface area contributed by atoms with Crippen molar-refractivity contribution in [2.45, 2.75) is 53.6 Å². The highest BCUT2D eigenvalue weighted by atomic mass is 16.2. The minimum atomic E-state index is -0.837. The number of anilines is 1. The second-order valence-electron chi connectivity index (χ2n) is 10.1. The Kier molecular flexibility index (Phi) is 8.01. The van der Waals surface area contributed by atoms with Crippen LogP contribution in [0.25, 0.3) is 11.0 Å². The average Bonchev–Trinajstić information content (AvgIpc) is 3.26. The maximum atomic E-state index is 14.1. The number of hydrogen-bond donors (Lipinski definition) is 1. The van der Waals surface area contributed by atoms with E-state index in [4.69, 9.17) is 0 Å². The number of nitrogens with one attached hydrogen (secondary N) is 1. The molecule has 7 heteroatoms. The zero-order chi connectivity index (χ0) is 26.5. The number of benzene rings is 3. The summed E-state index contributed by atoms with van der Waals surface area (Å²) in [6.07, 6.45) is 0.856. The van der Waals surface area contributed by atoms with Crippen LogP contribution in [0.5, 0.6) is 0 Å². The van der Waals surface area contributed by atoms with Gasteiger partial charge in [-0.3, -0.25) is 14.5 Å². The monoisotopic (exact) mass is 497 g/mol. The highest BCUT2D eigenvalue weighted by Crippen LogP contribution is 2.32. The fraction of sp³-hybridized carbons (Fsp3) is 0.333. The lowest BCUT2D eigenvalue weighted by Gasteiger charge is -2.33. The lowest BCUT2D eigenvalue weighted by Crippen LogP contribution is -2.46. The molecule has 0 spiro atoms. The molecule has 4 rings (SSSR count). The lowest BCUT2D eigenvalue weighted by atomic mass is 9.99. The van der Waals surface area contributed by atoms with E-state index >= 15 is 0 Å². The molecule has 0 bridgehead atoms. The average molecular weight is 498 g/mol. The molecule has 1 heterocycles. The summed E-state index contributed by atoms with van der Waals surface area (Å²) in [5, 5.41) is 11.5. The van der Waals surface area contributed by atoms with Gasteiger partial charge in [0.2, 0.25) is 11.8 Å². The van der Waals surface area contributed by atoms with E-state index in [0.717, 1.165) is 39.7 Å². The van der Waals surface area contributed by atoms with Gasteiger partial charge in [0, 0.05) is 12.2 Å². The third-order valence-electron chi connectivity index (χ3n) is 6.51. The molecule has 1 atom stereocenters. The third kappa shape index (κ3) is 6.05. The van der Waals surface area contributed by atoms with Crippen LogP contribution in [0.15, 0.2) is 66.7 Å². The van der Waals surface area contributed by atoms with Crippen molar-refractivity contribution >= 4 is 28.5 Å². The zero-order valence-corrected chi connectivity index (χ0v) is 22.2. The molecule has 2 amide bonds. The van der Waals surface area contributed by atoms with E-state index in [2.05, 4.69) is 29.5 Å². The van der Waals surface area contributed by atoms with E-state index in [1.807, 2.05) is 87.5 Å². The maximum Gasteiger partial charge on any atom is 0.249 e. The summed E-state index contributed by atoms with van der Waals surface area (Å²) >= 11 is 0. The summed E-state index contributed by atoms with van der Waals surface area (Å²) in [5.74, 6) is 0.00395. The smallest absolute Gasteiger partial charge is 0.249 e. The number of para-hydroxylation sites is 1. The van der Waals surface area contributed by atoms with E-state index in [-0.39, 0.29) is 18.4 Å². The Hall–Kier alpha value is -4.00. The Morgan fingerprint density at radius 2 is 1.65 bits per heavy atom. The molecule has 192 valence electrons. The van der Waals surface area contributed by atoms with E-state index in [1.54, 1.807) is 9.58 Å². The predicted octanol–water partition coefficient (Wildman–Crippen LogP) is 5.29. The van der Waals surface area contributed by atoms with Crippen LogP contribution in [0.1, 0.15) is 48.6 Å². The fourth-order valence-electron chi connectivity index (χ4n) is 4.48. The van der Waals surface area contributed by atoms with Gasteiger partial charge in [-0.25, -0.2) is 4.68 Å². The summed E-state index contributed by atoms with van der Waals surface area (Å²) < 4.78 is 1.59. The van der Waals surface area contributed by atoms with Crippen molar-refractivity contribution in [2.75, 3.05) is 11.4 Å². The van der Waals surface area contributed by atoms with E-state index in [9.17, 15) is 9.59 Å². The molecule has 1 N–H and O–H groups in total. The molecule has 7 nitrogen and oxygen atoms in total. The number of carbonyl (C=O) groups is 2. The van der Waals surface area contributed by atoms with Crippen molar-refractivity contribution in [3.05, 3.63) is 89.0 Å². The Bertz CT molecular complexity index is 1390. The van der Waals surface area contributed by atoms with Crippen LogP contribution in [0, 0.1) is 26.7 Å². The van der Waals surface area contributed by atoms with Gasteiger partial charge in [-0.1, -0.05) is 78.7 Å². The predicted molar refractivity (Wildman–Crippen MR) is 147 cm³/mol. The van der Waals surface area contributed by atoms with E-state index in [0.29, 0.717) is 18.2 Å². The van der Waals surface area contributed by atoms with Gasteiger partial charge in [0.1, 0.15) is 18.1 Å². The highest BCUT2D eigenvalue weighted by molar-refractivity contribution is 6.02. The number of amides is 2. The standard InChI is InChI=1S/C30H35N5O2/c1-20(2)16-17-31-30(37)29(24-13-10-21(3)11-14-24)35(26-15-12-22(4)18-23(26)5)28(36)19-34-27-9-7-6-8-25(27)32-33-34/h6-15,18,20,29H,16-17,19H2,1-5H3,(H,31,37)/t29-/m0/s1. The van der Waals surface area contributed by atoms with Gasteiger partial charge in [-0.05, 0) is 62.4 Å². The van der Waals surface area contributed by atoms with Crippen LogP contribution in [0.2, 0.25) is 0 Å². The first-order chi connectivity index (χ1) is 17.7. The molecular weight excluding hydrogens is 462 g/mol. The normalized spacial score (nSPS) is 12.1. The first-order valence-electron chi connectivity index (χ1n) is 12.8. The van der Waals surface area contributed by atoms with Crippen molar-refractivity contribution in [1.29, 1.82) is 0 Å². The highest BCUT2D eigenvalue weighted by Gasteiger charge is 2.34. The van der Waals surface area contributed by atoms with Gasteiger partial charge in [-0.2, -0.15) is 0 Å². The SMILES string of the molecule is Cc1ccc([C@@H](C(=O)NCCC(C)C)N(C(=O)Cn2nnc3ccccc32)c2ccc(C)cc2C)cc1. The largest absolute Gasteiger partial charge is 0.354 e. The summed E-state index contributed by atoms with van der Waals surface area (Å²) in [4.78, 5) is 29.5. The van der Waals surface area contributed by atoms with Gasteiger partial charge in [-0.15, -0.1) is 5.10 Å². The minimum absolute atomic E-state index is 0.0462. The van der Waals surface area contributed by atoms with Crippen molar-refractivity contribution < 1.29 is 9.59 Å². The molecule has 37 heavy (non-hydrogen) atoms. The number of rotatable bonds is 9. The number of carbonyl (C=O) groups excluding carboxylic acids is 2. The lowest BCUT2D eigenvalue weighted by molar-refractivity contribution is -0.127. The first-order valence-corrected chi connectivity index (χ1v) is 12.8. The second kappa shape index (κ2) is 11.4. The van der Waals surface area contributed by atoms with Crippen molar-refractivity contribution in [3.63, 3.8) is 0 Å². The van der Waals surface area contributed by atoms with E-state index < -0.39 is 6.04 Å². The molecule has 0 radical (unpaired) electrons. The summed E-state index contributed by atoms with van der Waals surface area (Å²) in [5.41, 5.74) is 6.03. The van der Waals surface area contributed by atoms with Crippen LogP contribution in [-0.2, 0) is 16.1 Å². The minimum Gasteiger partial charge on any atom is -0.354 e. The Balaban J connectivity index is 1.79. The van der Waals surface area contributed by atoms with Crippen molar-refractivity contribution in [3.8, 4) is 0 Å². The molecular formula is C30H35N5O2. The van der Waals surface area contributed by atoms with Gasteiger partial charge < -0.3 is 5.32 Å². The molecule has 4 aromatic rings. The van der Waals surface area contributed by atoms with Crippen LogP contribution in [0.3, 0.4) is 0 Å². The molecule has 0 unspecified atom stereocenters. The summed E-state index contributed by atoms with van der Waals surface area (Å²) in [7, 11) is 0.